The summed E-state index contributed by atoms with van der Waals surface area (Å²) in [7, 11) is 0. The molecule has 0 aliphatic rings. The number of nitrogens with one attached hydrogen (secondary N) is 1. The summed E-state index contributed by atoms with van der Waals surface area (Å²) >= 11 is 0. The van der Waals surface area contributed by atoms with Crippen molar-refractivity contribution in [1.29, 1.82) is 0 Å². The van der Waals surface area contributed by atoms with Crippen molar-refractivity contribution in [1.82, 2.24) is 19.6 Å². The zero-order valence-corrected chi connectivity index (χ0v) is 11.0. The lowest BCUT2D eigenvalue weighted by atomic mass is 10.3. The number of para-hydroxylation sites is 1. The quantitative estimate of drug-likeness (QED) is 0.601. The number of hydrogen-bond acceptors (Lipinski definition) is 7. The molecule has 9 heteroatoms. The van der Waals surface area contributed by atoms with Gasteiger partial charge in [-0.05, 0) is 12.1 Å². The highest BCUT2D eigenvalue weighted by atomic mass is 16.4. The molecule has 0 aliphatic heterocycles. The van der Waals surface area contributed by atoms with Gasteiger partial charge in [0.2, 0.25) is 11.7 Å². The lowest BCUT2D eigenvalue weighted by molar-refractivity contribution is -0.132. The number of carbonyl (C=O) groups is 1. The van der Waals surface area contributed by atoms with Crippen molar-refractivity contribution in [2.24, 2.45) is 0 Å². The molecule has 110 valence electrons. The predicted molar refractivity (Wildman–Crippen MR) is 75.7 cm³/mol. The summed E-state index contributed by atoms with van der Waals surface area (Å²) in [6, 6.07) is 9.04. The molecule has 0 saturated heterocycles. The van der Waals surface area contributed by atoms with Crippen molar-refractivity contribution < 1.29 is 15.0 Å². The Balaban J connectivity index is 2.12. The summed E-state index contributed by atoms with van der Waals surface area (Å²) in [4.78, 5) is 30.6. The molecule has 0 unspecified atom stereocenters. The number of carboxylic acids is 1. The zero-order chi connectivity index (χ0) is 15.7. The number of rotatable bonds is 3. The molecule has 0 spiro atoms. The number of fused-ring (bicyclic) bond motifs is 1. The second kappa shape index (κ2) is 5.13. The van der Waals surface area contributed by atoms with Crippen molar-refractivity contribution in [3.8, 4) is 0 Å². The van der Waals surface area contributed by atoms with Crippen molar-refractivity contribution >= 4 is 29.1 Å². The van der Waals surface area contributed by atoms with Crippen molar-refractivity contribution in [3.05, 3.63) is 52.1 Å². The third-order valence-corrected chi connectivity index (χ3v) is 2.81. The molecule has 0 atom stereocenters. The Morgan fingerprint density at radius 2 is 1.91 bits per heavy atom. The van der Waals surface area contributed by atoms with Gasteiger partial charge in [0, 0.05) is 11.9 Å². The Morgan fingerprint density at radius 3 is 2.59 bits per heavy atom. The first kappa shape index (κ1) is 13.5. The van der Waals surface area contributed by atoms with Crippen LogP contribution in [0.15, 0.2) is 41.3 Å². The van der Waals surface area contributed by atoms with E-state index in [0.717, 1.165) is 10.7 Å². The van der Waals surface area contributed by atoms with Crippen molar-refractivity contribution in [2.75, 3.05) is 5.32 Å². The number of carboxylic acid groups (broad SMARTS) is 1. The van der Waals surface area contributed by atoms with Crippen LogP contribution < -0.4 is 16.1 Å². The highest BCUT2D eigenvalue weighted by Crippen LogP contribution is 2.11. The van der Waals surface area contributed by atoms with E-state index < -0.39 is 22.5 Å². The highest BCUT2D eigenvalue weighted by molar-refractivity contribution is 6.04. The van der Waals surface area contributed by atoms with Crippen molar-refractivity contribution in [3.63, 3.8) is 0 Å². The predicted octanol–water partition coefficient (Wildman–Crippen LogP) is -0.302. The molecule has 3 aromatic rings. The summed E-state index contributed by atoms with van der Waals surface area (Å²) in [6.07, 6.45) is 0.947. The van der Waals surface area contributed by atoms with E-state index in [1.807, 2.05) is 18.2 Å². The topological polar surface area (TPSA) is 130 Å². The Kier molecular flexibility index (Phi) is 3.14. The van der Waals surface area contributed by atoms with Gasteiger partial charge < -0.3 is 15.5 Å². The zero-order valence-electron chi connectivity index (χ0n) is 11.0. The molecule has 22 heavy (non-hydrogen) atoms. The number of benzene rings is 1. The average molecular weight is 299 g/mol. The first-order chi connectivity index (χ1) is 10.6. The fourth-order valence-electron chi connectivity index (χ4n) is 1.80. The second-order valence-corrected chi connectivity index (χ2v) is 4.27. The fraction of sp³-hybridized carbons (Fsp3) is 0. The molecule has 1 aromatic carbocycles. The van der Waals surface area contributed by atoms with Gasteiger partial charge in [0.25, 0.3) is 11.3 Å². The number of nitrogens with zero attached hydrogens (tertiary/aromatic N) is 4. The number of aliphatic carboxylic acids is 1. The van der Waals surface area contributed by atoms with Crippen LogP contribution in [-0.2, 0) is 4.79 Å². The SMILES string of the molecule is O=C(O)C(O)=c1cnc2nc(Nc3ccccc3)nn2c1=O. The average Bonchev–Trinajstić information content (AvgIpc) is 2.91. The van der Waals surface area contributed by atoms with Gasteiger partial charge in [-0.25, -0.2) is 9.78 Å². The smallest absolute Gasteiger partial charge is 0.371 e. The van der Waals surface area contributed by atoms with Crippen LogP contribution >= 0.6 is 0 Å². The lowest BCUT2D eigenvalue weighted by Gasteiger charge is -1.98. The minimum atomic E-state index is -1.62. The number of aromatic nitrogens is 4. The molecular weight excluding hydrogens is 290 g/mol. The van der Waals surface area contributed by atoms with Gasteiger partial charge in [0.1, 0.15) is 5.22 Å². The molecular formula is C13H9N5O4. The molecule has 0 amide bonds. The molecule has 2 aromatic heterocycles. The lowest BCUT2D eigenvalue weighted by Crippen LogP contribution is -2.35. The minimum absolute atomic E-state index is 0.00892. The van der Waals surface area contributed by atoms with Crippen molar-refractivity contribution in [2.45, 2.75) is 0 Å². The van der Waals surface area contributed by atoms with Crippen LogP contribution in [0.1, 0.15) is 0 Å². The summed E-state index contributed by atoms with van der Waals surface area (Å²) in [5.41, 5.74) is -0.107. The standard InChI is InChI=1S/C13H9N5O4/c19-9(11(21)22)8-6-14-13-16-12(17-18(13)10(8)20)15-7-4-2-1-3-5-7/h1-6,19H,(H,15,17)(H,21,22). The van der Waals surface area contributed by atoms with Crippen LogP contribution in [0, 0.1) is 0 Å². The van der Waals surface area contributed by atoms with Gasteiger partial charge in [0.05, 0.1) is 0 Å². The molecule has 0 bridgehead atoms. The van der Waals surface area contributed by atoms with Gasteiger partial charge in [0.15, 0.2) is 0 Å². The van der Waals surface area contributed by atoms with Gasteiger partial charge in [-0.2, -0.15) is 9.50 Å². The maximum absolute atomic E-state index is 12.1. The van der Waals surface area contributed by atoms with E-state index in [9.17, 15) is 14.7 Å². The van der Waals surface area contributed by atoms with E-state index in [1.54, 1.807) is 12.1 Å². The largest absolute Gasteiger partial charge is 0.501 e. The first-order valence-corrected chi connectivity index (χ1v) is 6.10. The van der Waals surface area contributed by atoms with Crippen LogP contribution in [0.2, 0.25) is 0 Å². The molecule has 3 rings (SSSR count). The van der Waals surface area contributed by atoms with Gasteiger partial charge in [-0.1, -0.05) is 18.2 Å². The van der Waals surface area contributed by atoms with E-state index in [0.29, 0.717) is 5.69 Å². The third kappa shape index (κ3) is 2.30. The van der Waals surface area contributed by atoms with Crippen LogP contribution in [0.4, 0.5) is 11.6 Å². The number of anilines is 2. The third-order valence-electron chi connectivity index (χ3n) is 2.81. The minimum Gasteiger partial charge on any atom is -0.501 e. The van der Waals surface area contributed by atoms with E-state index in [4.69, 9.17) is 5.11 Å². The maximum Gasteiger partial charge on any atom is 0.371 e. The summed E-state index contributed by atoms with van der Waals surface area (Å²) in [5, 5.41) is 24.4. The van der Waals surface area contributed by atoms with E-state index in [2.05, 4.69) is 20.4 Å². The van der Waals surface area contributed by atoms with Crippen LogP contribution in [0.25, 0.3) is 11.5 Å². The first-order valence-electron chi connectivity index (χ1n) is 6.10. The van der Waals surface area contributed by atoms with Crippen LogP contribution in [-0.4, -0.2) is 35.8 Å². The second-order valence-electron chi connectivity index (χ2n) is 4.27. The van der Waals surface area contributed by atoms with Gasteiger partial charge in [-0.3, -0.25) is 4.79 Å². The number of aliphatic hydroxyl groups excluding tert-OH is 1. The number of hydrogen-bond donors (Lipinski definition) is 3. The number of aliphatic hydroxyl groups is 1. The molecule has 2 heterocycles. The Bertz CT molecular complexity index is 967. The molecule has 3 N–H and O–H groups in total. The summed E-state index contributed by atoms with van der Waals surface area (Å²) < 4.78 is 0.819. The molecule has 0 saturated carbocycles. The van der Waals surface area contributed by atoms with E-state index in [-0.39, 0.29) is 11.7 Å². The molecule has 0 radical (unpaired) electrons. The Hall–Kier alpha value is -3.49. The van der Waals surface area contributed by atoms with Crippen LogP contribution in [0.5, 0.6) is 0 Å². The molecule has 0 fully saturated rings. The van der Waals surface area contributed by atoms with Crippen LogP contribution in [0.3, 0.4) is 0 Å². The van der Waals surface area contributed by atoms with Gasteiger partial charge in [-0.15, -0.1) is 5.10 Å². The summed E-state index contributed by atoms with van der Waals surface area (Å²) in [5.74, 6) is -2.60. The van der Waals surface area contributed by atoms with Gasteiger partial charge >= 0.3 is 5.97 Å². The van der Waals surface area contributed by atoms with E-state index in [1.165, 1.54) is 0 Å². The normalized spacial score (nSPS) is 12.2. The molecule has 0 aliphatic carbocycles. The summed E-state index contributed by atoms with van der Waals surface area (Å²) in [6.45, 7) is 0. The maximum atomic E-state index is 12.1. The van der Waals surface area contributed by atoms with E-state index >= 15 is 0 Å². The highest BCUT2D eigenvalue weighted by Gasteiger charge is 2.13. The monoisotopic (exact) mass is 299 g/mol. The Labute approximate surface area is 122 Å². The molecule has 9 nitrogen and oxygen atoms in total. The Morgan fingerprint density at radius 1 is 1.18 bits per heavy atom. The fourth-order valence-corrected chi connectivity index (χ4v) is 1.80.